The van der Waals surface area contributed by atoms with Crippen molar-refractivity contribution in [1.82, 2.24) is 4.90 Å². The summed E-state index contributed by atoms with van der Waals surface area (Å²) in [5.41, 5.74) is -5.08. The van der Waals surface area contributed by atoms with Crippen LogP contribution in [0.1, 0.15) is 23.2 Å². The van der Waals surface area contributed by atoms with Crippen molar-refractivity contribution in [3.05, 3.63) is 48.0 Å². The zero-order valence-corrected chi connectivity index (χ0v) is 14.7. The second-order valence-corrected chi connectivity index (χ2v) is 7.07. The van der Waals surface area contributed by atoms with E-state index in [0.29, 0.717) is 5.56 Å². The number of nitrogens with zero attached hydrogens (tertiary/aromatic N) is 1. The highest BCUT2D eigenvalue weighted by Gasteiger charge is 2.47. The normalized spacial score (nSPS) is 18.1. The molecule has 1 saturated heterocycles. The minimum atomic E-state index is -5.62. The maximum Gasteiger partial charge on any atom is 0.523 e. The Bertz CT molecular complexity index is 807. The van der Waals surface area contributed by atoms with Crippen LogP contribution in [-0.2, 0) is 23.8 Å². The molecule has 7 nitrogen and oxygen atoms in total. The maximum atomic E-state index is 12.4. The topological polar surface area (TPSA) is 90.0 Å². The van der Waals surface area contributed by atoms with Crippen molar-refractivity contribution < 1.29 is 40.1 Å². The van der Waals surface area contributed by atoms with Crippen LogP contribution in [0.2, 0.25) is 0 Å². The predicted molar refractivity (Wildman–Crippen MR) is 86.7 cm³/mol. The predicted octanol–water partition coefficient (Wildman–Crippen LogP) is 2.21. The highest BCUT2D eigenvalue weighted by molar-refractivity contribution is 7.87. The summed E-state index contributed by atoms with van der Waals surface area (Å²) in [7, 11) is -5.62. The molecule has 27 heavy (non-hydrogen) atoms. The lowest BCUT2D eigenvalue weighted by Gasteiger charge is -2.19. The molecule has 1 aromatic rings. The van der Waals surface area contributed by atoms with Crippen LogP contribution in [0.15, 0.2) is 42.5 Å². The monoisotopic (exact) mass is 407 g/mol. The molecule has 148 valence electrons. The number of hydrogen-bond acceptors (Lipinski definition) is 6. The van der Waals surface area contributed by atoms with E-state index in [0.717, 1.165) is 0 Å². The molecule has 1 aliphatic rings. The van der Waals surface area contributed by atoms with Gasteiger partial charge in [-0.3, -0.25) is 13.9 Å². The van der Waals surface area contributed by atoms with Crippen molar-refractivity contribution in [2.24, 2.45) is 0 Å². The lowest BCUT2D eigenvalue weighted by atomic mass is 10.1. The van der Waals surface area contributed by atoms with Crippen molar-refractivity contribution in [2.75, 3.05) is 13.3 Å². The third kappa shape index (κ3) is 5.30. The Labute approximate surface area is 153 Å². The number of cyclic esters (lactones) is 1. The van der Waals surface area contributed by atoms with Gasteiger partial charge in [0.25, 0.3) is 5.91 Å². The number of carbonyl (C=O) groups excluding carboxylic acids is 2. The summed E-state index contributed by atoms with van der Waals surface area (Å²) in [4.78, 5) is 25.5. The van der Waals surface area contributed by atoms with Crippen LogP contribution in [0, 0.1) is 0 Å². The molecule has 0 N–H and O–H groups in total. The third-order valence-electron chi connectivity index (χ3n) is 3.61. The zero-order chi connectivity index (χ0) is 20.1. The minimum absolute atomic E-state index is 0.0728. The molecule has 1 heterocycles. The van der Waals surface area contributed by atoms with Gasteiger partial charge in [-0.15, -0.1) is 0 Å². The Hall–Kier alpha value is -2.40. The summed E-state index contributed by atoms with van der Waals surface area (Å²) in [5.74, 6) is -0.987. The number of amides is 1. The molecule has 0 aromatic heterocycles. The van der Waals surface area contributed by atoms with Gasteiger partial charge in [-0.25, -0.2) is 4.79 Å². The van der Waals surface area contributed by atoms with E-state index in [-0.39, 0.29) is 25.5 Å². The van der Waals surface area contributed by atoms with Gasteiger partial charge in [0.2, 0.25) is 0 Å². The van der Waals surface area contributed by atoms with Crippen molar-refractivity contribution in [3.63, 3.8) is 0 Å². The molecular formula is C16H16F3NO6S. The molecule has 0 saturated carbocycles. The Kier molecular flexibility index (Phi) is 6.60. The summed E-state index contributed by atoms with van der Waals surface area (Å²) < 4.78 is 66.4. The van der Waals surface area contributed by atoms with E-state index >= 15 is 0 Å². The number of esters is 1. The molecular weight excluding hydrogens is 391 g/mol. The second-order valence-electron chi connectivity index (χ2n) is 5.47. The largest absolute Gasteiger partial charge is 0.523 e. The SMILES string of the molecule is O=C1OCN(C(=O)c2ccccc2)C1C/C=C\CCOS(=O)(=O)C(F)(F)F. The van der Waals surface area contributed by atoms with E-state index in [1.807, 2.05) is 0 Å². The number of carbonyl (C=O) groups is 2. The lowest BCUT2D eigenvalue weighted by molar-refractivity contribution is -0.139. The summed E-state index contributed by atoms with van der Waals surface area (Å²) >= 11 is 0. The van der Waals surface area contributed by atoms with E-state index < -0.39 is 34.2 Å². The number of hydrogen-bond donors (Lipinski definition) is 0. The van der Waals surface area contributed by atoms with Crippen LogP contribution in [0.3, 0.4) is 0 Å². The van der Waals surface area contributed by atoms with E-state index in [1.54, 1.807) is 30.3 Å². The standard InChI is InChI=1S/C16H16F3NO6S/c17-16(18,19)27(23,24)26-10-6-2-5-9-13-15(22)25-11-20(13)14(21)12-7-3-1-4-8-12/h1-5,7-8,13H,6,9-11H2/b5-2-. The molecule has 1 atom stereocenters. The number of ether oxygens (including phenoxy) is 1. The van der Waals surface area contributed by atoms with Gasteiger partial charge < -0.3 is 4.74 Å². The van der Waals surface area contributed by atoms with Crippen molar-refractivity contribution in [3.8, 4) is 0 Å². The van der Waals surface area contributed by atoms with Crippen LogP contribution in [0.25, 0.3) is 0 Å². The van der Waals surface area contributed by atoms with Crippen molar-refractivity contribution in [1.29, 1.82) is 0 Å². The fourth-order valence-corrected chi connectivity index (χ4v) is 2.70. The number of alkyl halides is 3. The molecule has 2 rings (SSSR count). The smallest absolute Gasteiger partial charge is 0.443 e. The van der Waals surface area contributed by atoms with Gasteiger partial charge in [-0.05, 0) is 25.0 Å². The number of halogens is 3. The summed E-state index contributed by atoms with van der Waals surface area (Å²) in [6, 6.07) is 7.41. The average molecular weight is 407 g/mol. The Morgan fingerprint density at radius 2 is 1.93 bits per heavy atom. The van der Waals surface area contributed by atoms with Crippen LogP contribution in [0.4, 0.5) is 13.2 Å². The summed E-state index contributed by atoms with van der Waals surface area (Å²) in [6.45, 7) is -0.891. The van der Waals surface area contributed by atoms with Gasteiger partial charge >= 0.3 is 21.6 Å². The molecule has 0 spiro atoms. The summed E-state index contributed by atoms with van der Waals surface area (Å²) in [5, 5.41) is 0. The van der Waals surface area contributed by atoms with Crippen LogP contribution in [-0.4, -0.2) is 50.1 Å². The second kappa shape index (κ2) is 8.53. The number of rotatable bonds is 7. The van der Waals surface area contributed by atoms with Crippen molar-refractivity contribution in [2.45, 2.75) is 24.4 Å². The van der Waals surface area contributed by atoms with Gasteiger partial charge in [0.1, 0.15) is 6.04 Å². The average Bonchev–Trinajstić information content (AvgIpc) is 2.97. The van der Waals surface area contributed by atoms with E-state index in [9.17, 15) is 31.2 Å². The molecule has 0 radical (unpaired) electrons. The van der Waals surface area contributed by atoms with Gasteiger partial charge in [0.15, 0.2) is 6.73 Å². The number of benzene rings is 1. The van der Waals surface area contributed by atoms with E-state index in [1.165, 1.54) is 17.1 Å². The first kappa shape index (κ1) is 20.9. The molecule has 1 aliphatic heterocycles. The zero-order valence-electron chi connectivity index (χ0n) is 13.9. The summed E-state index contributed by atoms with van der Waals surface area (Å²) in [6.07, 6.45) is 2.77. The Morgan fingerprint density at radius 1 is 1.26 bits per heavy atom. The molecule has 1 aromatic carbocycles. The fraction of sp³-hybridized carbons (Fsp3) is 0.375. The van der Waals surface area contributed by atoms with Gasteiger partial charge in [0.05, 0.1) is 6.61 Å². The highest BCUT2D eigenvalue weighted by Crippen LogP contribution is 2.24. The molecule has 0 aliphatic carbocycles. The quantitative estimate of drug-likeness (QED) is 0.226. The first-order valence-electron chi connectivity index (χ1n) is 7.77. The minimum Gasteiger partial charge on any atom is -0.443 e. The van der Waals surface area contributed by atoms with Crippen molar-refractivity contribution >= 4 is 22.0 Å². The molecule has 1 amide bonds. The lowest BCUT2D eigenvalue weighted by Crippen LogP contribution is -2.37. The fourth-order valence-electron chi connectivity index (χ4n) is 2.25. The maximum absolute atomic E-state index is 12.4. The highest BCUT2D eigenvalue weighted by atomic mass is 32.2. The first-order valence-corrected chi connectivity index (χ1v) is 9.17. The molecule has 11 heteroatoms. The molecule has 1 unspecified atom stereocenters. The Morgan fingerprint density at radius 3 is 2.56 bits per heavy atom. The third-order valence-corrected chi connectivity index (χ3v) is 4.65. The van der Waals surface area contributed by atoms with Gasteiger partial charge in [-0.1, -0.05) is 30.4 Å². The first-order chi connectivity index (χ1) is 12.6. The van der Waals surface area contributed by atoms with Crippen LogP contribution >= 0.6 is 0 Å². The van der Waals surface area contributed by atoms with E-state index in [4.69, 9.17) is 4.74 Å². The van der Waals surface area contributed by atoms with Crippen LogP contribution < -0.4 is 0 Å². The van der Waals surface area contributed by atoms with Gasteiger partial charge in [-0.2, -0.15) is 21.6 Å². The van der Waals surface area contributed by atoms with Gasteiger partial charge in [0, 0.05) is 5.56 Å². The molecule has 1 fully saturated rings. The Balaban J connectivity index is 1.87. The molecule has 0 bridgehead atoms. The van der Waals surface area contributed by atoms with Crippen LogP contribution in [0.5, 0.6) is 0 Å². The van der Waals surface area contributed by atoms with E-state index in [2.05, 4.69) is 4.18 Å².